The summed E-state index contributed by atoms with van der Waals surface area (Å²) in [5, 5.41) is 0. The topological polar surface area (TPSA) is 46.6 Å². The van der Waals surface area contributed by atoms with Crippen LogP contribution >= 0.6 is 0 Å². The molecule has 0 bridgehead atoms. The Morgan fingerprint density at radius 2 is 1.29 bits per heavy atom. The molecule has 140 valence electrons. The molecule has 28 heavy (non-hydrogen) atoms. The van der Waals surface area contributed by atoms with Gasteiger partial charge in [0.1, 0.15) is 0 Å². The maximum absolute atomic E-state index is 12.4. The summed E-state index contributed by atoms with van der Waals surface area (Å²) in [4.78, 5) is 26.0. The molecule has 3 aromatic carbocycles. The average molecular weight is 371 g/mol. The Morgan fingerprint density at radius 1 is 0.750 bits per heavy atom. The number of ether oxygens (including phenoxy) is 1. The first-order valence-corrected chi connectivity index (χ1v) is 8.91. The number of benzene rings is 3. The molecule has 0 aliphatic carbocycles. The first kappa shape index (κ1) is 19.1. The molecule has 0 saturated carbocycles. The fraction of sp³-hybridized carbons (Fsp3) is 0.0833. The first-order chi connectivity index (χ1) is 13.6. The number of hydrogen-bond donors (Lipinski definition) is 0. The standard InChI is InChI=1S/C24H21NO3/c1-18(26)23(19-9-5-3-6-10-19)17-25(21-11-7-4-8-12-21)22-15-13-20(14-16-22)24(27)28-2/h3-17H,1-2H3/b23-17+. The number of allylic oxidation sites excluding steroid dienone is 1. The summed E-state index contributed by atoms with van der Waals surface area (Å²) in [6.45, 7) is 1.56. The van der Waals surface area contributed by atoms with Crippen molar-refractivity contribution in [2.45, 2.75) is 6.92 Å². The van der Waals surface area contributed by atoms with Gasteiger partial charge in [-0.05, 0) is 48.9 Å². The summed E-state index contributed by atoms with van der Waals surface area (Å²) < 4.78 is 4.77. The van der Waals surface area contributed by atoms with Crippen molar-refractivity contribution in [3.63, 3.8) is 0 Å². The van der Waals surface area contributed by atoms with Gasteiger partial charge in [-0.1, -0.05) is 48.5 Å². The molecule has 0 amide bonds. The maximum Gasteiger partial charge on any atom is 0.337 e. The van der Waals surface area contributed by atoms with E-state index in [1.165, 1.54) is 7.11 Å². The third kappa shape index (κ3) is 4.35. The SMILES string of the molecule is COC(=O)c1ccc(N(/C=C(\C(C)=O)c2ccccc2)c2ccccc2)cc1. The predicted octanol–water partition coefficient (Wildman–Crippen LogP) is 5.24. The van der Waals surface area contributed by atoms with Crippen molar-refractivity contribution in [2.75, 3.05) is 12.0 Å². The molecule has 0 N–H and O–H groups in total. The van der Waals surface area contributed by atoms with E-state index in [2.05, 4.69) is 0 Å². The van der Waals surface area contributed by atoms with Crippen molar-refractivity contribution in [3.8, 4) is 0 Å². The number of rotatable bonds is 6. The van der Waals surface area contributed by atoms with Gasteiger partial charge in [0.15, 0.2) is 5.78 Å². The fourth-order valence-corrected chi connectivity index (χ4v) is 2.88. The lowest BCUT2D eigenvalue weighted by Crippen LogP contribution is -2.12. The van der Waals surface area contributed by atoms with E-state index < -0.39 is 0 Å². The molecule has 3 rings (SSSR count). The van der Waals surface area contributed by atoms with Crippen LogP contribution in [0.4, 0.5) is 11.4 Å². The molecular formula is C24H21NO3. The van der Waals surface area contributed by atoms with Crippen LogP contribution < -0.4 is 4.90 Å². The van der Waals surface area contributed by atoms with Crippen LogP contribution in [0.2, 0.25) is 0 Å². The number of methoxy groups -OCH3 is 1. The van der Waals surface area contributed by atoms with Crippen molar-refractivity contribution in [3.05, 3.63) is 102 Å². The molecule has 0 unspecified atom stereocenters. The van der Waals surface area contributed by atoms with Crippen molar-refractivity contribution in [1.29, 1.82) is 0 Å². The van der Waals surface area contributed by atoms with Gasteiger partial charge in [-0.25, -0.2) is 4.79 Å². The Labute approximate surface area is 164 Å². The van der Waals surface area contributed by atoms with Crippen LogP contribution in [-0.2, 0) is 9.53 Å². The molecule has 0 radical (unpaired) electrons. The van der Waals surface area contributed by atoms with E-state index in [1.54, 1.807) is 19.1 Å². The van der Waals surface area contributed by atoms with E-state index in [4.69, 9.17) is 4.74 Å². The van der Waals surface area contributed by atoms with E-state index in [0.717, 1.165) is 16.9 Å². The highest BCUT2D eigenvalue weighted by Crippen LogP contribution is 2.29. The minimum absolute atomic E-state index is 0.0293. The molecule has 0 aliphatic heterocycles. The largest absolute Gasteiger partial charge is 0.465 e. The van der Waals surface area contributed by atoms with Crippen molar-refractivity contribution in [1.82, 2.24) is 0 Å². The van der Waals surface area contributed by atoms with Gasteiger partial charge in [0.2, 0.25) is 0 Å². The van der Waals surface area contributed by atoms with Crippen LogP contribution in [0.5, 0.6) is 0 Å². The van der Waals surface area contributed by atoms with Crippen molar-refractivity contribution < 1.29 is 14.3 Å². The number of anilines is 2. The highest BCUT2D eigenvalue weighted by Gasteiger charge is 2.14. The van der Waals surface area contributed by atoms with E-state index in [0.29, 0.717) is 11.1 Å². The highest BCUT2D eigenvalue weighted by molar-refractivity contribution is 6.20. The second-order valence-corrected chi connectivity index (χ2v) is 6.21. The molecular weight excluding hydrogens is 350 g/mol. The minimum atomic E-state index is -0.387. The first-order valence-electron chi connectivity index (χ1n) is 8.91. The van der Waals surface area contributed by atoms with Crippen LogP contribution in [-0.4, -0.2) is 18.9 Å². The molecule has 0 atom stereocenters. The Morgan fingerprint density at radius 3 is 1.82 bits per heavy atom. The molecule has 0 heterocycles. The van der Waals surface area contributed by atoms with E-state index in [1.807, 2.05) is 83.9 Å². The second kappa shape index (κ2) is 8.82. The quantitative estimate of drug-likeness (QED) is 0.439. The average Bonchev–Trinajstić information content (AvgIpc) is 2.75. The number of nitrogens with zero attached hydrogens (tertiary/aromatic N) is 1. The van der Waals surface area contributed by atoms with Gasteiger partial charge in [-0.3, -0.25) is 4.79 Å². The zero-order valence-electron chi connectivity index (χ0n) is 15.8. The van der Waals surface area contributed by atoms with Gasteiger partial charge in [0.05, 0.1) is 12.7 Å². The normalized spacial score (nSPS) is 11.0. The summed E-state index contributed by atoms with van der Waals surface area (Å²) in [5.41, 5.74) is 3.65. The Kier molecular flexibility index (Phi) is 6.02. The lowest BCUT2D eigenvalue weighted by Gasteiger charge is -2.22. The van der Waals surface area contributed by atoms with Gasteiger partial charge in [0.25, 0.3) is 0 Å². The van der Waals surface area contributed by atoms with Gasteiger partial charge in [-0.2, -0.15) is 0 Å². The zero-order chi connectivity index (χ0) is 19.9. The number of ketones is 1. The van der Waals surface area contributed by atoms with Crippen molar-refractivity contribution in [2.24, 2.45) is 0 Å². The molecule has 3 aromatic rings. The molecule has 0 aliphatic rings. The number of carbonyl (C=O) groups excluding carboxylic acids is 2. The summed E-state index contributed by atoms with van der Waals surface area (Å²) in [5.74, 6) is -0.416. The maximum atomic E-state index is 12.4. The molecule has 4 heteroatoms. The second-order valence-electron chi connectivity index (χ2n) is 6.21. The number of hydrogen-bond acceptors (Lipinski definition) is 4. The van der Waals surface area contributed by atoms with E-state index >= 15 is 0 Å². The third-order valence-corrected chi connectivity index (χ3v) is 4.32. The lowest BCUT2D eigenvalue weighted by molar-refractivity contribution is -0.111. The number of esters is 1. The minimum Gasteiger partial charge on any atom is -0.465 e. The monoisotopic (exact) mass is 371 g/mol. The summed E-state index contributed by atoms with van der Waals surface area (Å²) in [6.07, 6.45) is 1.83. The Balaban J connectivity index is 2.10. The van der Waals surface area contributed by atoms with Crippen LogP contribution in [0.3, 0.4) is 0 Å². The third-order valence-electron chi connectivity index (χ3n) is 4.32. The highest BCUT2D eigenvalue weighted by atomic mass is 16.5. The number of Topliss-reactive ketones (excluding diaryl/α,β-unsaturated/α-hetero) is 1. The van der Waals surface area contributed by atoms with Crippen LogP contribution in [0.25, 0.3) is 5.57 Å². The zero-order valence-corrected chi connectivity index (χ0v) is 15.8. The van der Waals surface area contributed by atoms with Gasteiger partial charge < -0.3 is 9.64 Å². The Hall–Kier alpha value is -3.66. The molecule has 0 saturated heterocycles. The van der Waals surface area contributed by atoms with E-state index in [-0.39, 0.29) is 11.8 Å². The number of para-hydroxylation sites is 1. The van der Waals surface area contributed by atoms with Gasteiger partial charge in [0, 0.05) is 23.1 Å². The molecule has 0 fully saturated rings. The van der Waals surface area contributed by atoms with Crippen LogP contribution in [0.1, 0.15) is 22.8 Å². The van der Waals surface area contributed by atoms with E-state index in [9.17, 15) is 9.59 Å². The molecule has 0 spiro atoms. The van der Waals surface area contributed by atoms with Crippen LogP contribution in [0.15, 0.2) is 91.1 Å². The van der Waals surface area contributed by atoms with Crippen molar-refractivity contribution >= 4 is 28.7 Å². The Bertz CT molecular complexity index is 977. The molecule has 4 nitrogen and oxygen atoms in total. The summed E-state index contributed by atoms with van der Waals surface area (Å²) in [6, 6.07) is 26.4. The lowest BCUT2D eigenvalue weighted by atomic mass is 10.0. The number of carbonyl (C=O) groups is 2. The van der Waals surface area contributed by atoms with Gasteiger partial charge in [-0.15, -0.1) is 0 Å². The summed E-state index contributed by atoms with van der Waals surface area (Å²) >= 11 is 0. The predicted molar refractivity (Wildman–Crippen MR) is 111 cm³/mol. The smallest absolute Gasteiger partial charge is 0.337 e. The summed E-state index contributed by atoms with van der Waals surface area (Å²) in [7, 11) is 1.36. The van der Waals surface area contributed by atoms with Gasteiger partial charge >= 0.3 is 5.97 Å². The molecule has 0 aromatic heterocycles. The van der Waals surface area contributed by atoms with Crippen LogP contribution in [0, 0.1) is 0 Å². The fourth-order valence-electron chi connectivity index (χ4n) is 2.88.